The highest BCUT2D eigenvalue weighted by Gasteiger charge is 2.14. The second-order valence-corrected chi connectivity index (χ2v) is 6.38. The van der Waals surface area contributed by atoms with Crippen LogP contribution in [0, 0.1) is 10.1 Å². The number of carbonyl (C=O) groups is 1. The minimum Gasteiger partial charge on any atom is -0.505 e. The van der Waals surface area contributed by atoms with Gasteiger partial charge in [0.2, 0.25) is 0 Å². The van der Waals surface area contributed by atoms with E-state index in [2.05, 4.69) is 26.5 Å². The van der Waals surface area contributed by atoms with Gasteiger partial charge in [-0.1, -0.05) is 11.6 Å². The molecule has 0 saturated carbocycles. The molecule has 2 aromatic carbocycles. The van der Waals surface area contributed by atoms with Gasteiger partial charge in [0, 0.05) is 17.5 Å². The number of nitrogens with one attached hydrogen (secondary N) is 1. The average molecular weight is 439 g/mol. The van der Waals surface area contributed by atoms with E-state index < -0.39 is 10.8 Å². The lowest BCUT2D eigenvalue weighted by Gasteiger charge is -2.01. The Labute approximate surface area is 159 Å². The molecule has 10 heteroatoms. The molecule has 0 radical (unpaired) electrons. The fraction of sp³-hybridized carbons (Fsp3) is 0. The van der Waals surface area contributed by atoms with Crippen LogP contribution in [-0.4, -0.2) is 22.2 Å². The van der Waals surface area contributed by atoms with Gasteiger partial charge in [-0.2, -0.15) is 5.10 Å². The number of rotatable bonds is 4. The number of nitro benzene ring substituents is 1. The van der Waals surface area contributed by atoms with E-state index in [0.717, 1.165) is 0 Å². The summed E-state index contributed by atoms with van der Waals surface area (Å²) in [5, 5.41) is 24.7. The maximum Gasteiger partial charge on any atom is 0.307 e. The molecule has 26 heavy (non-hydrogen) atoms. The summed E-state index contributed by atoms with van der Waals surface area (Å²) in [4.78, 5) is 22.3. The molecule has 2 N–H and O–H groups in total. The Morgan fingerprint density at radius 2 is 2.12 bits per heavy atom. The van der Waals surface area contributed by atoms with Crippen LogP contribution in [0.4, 0.5) is 5.69 Å². The van der Waals surface area contributed by atoms with Crippen LogP contribution in [0.15, 0.2) is 50.4 Å². The van der Waals surface area contributed by atoms with Gasteiger partial charge in [-0.3, -0.25) is 14.9 Å². The topological polar surface area (TPSA) is 118 Å². The molecule has 0 saturated heterocycles. The zero-order valence-electron chi connectivity index (χ0n) is 12.8. The summed E-state index contributed by atoms with van der Waals surface area (Å²) in [6, 6.07) is 8.45. The van der Waals surface area contributed by atoms with Gasteiger partial charge in [0.15, 0.2) is 5.76 Å². The highest BCUT2D eigenvalue weighted by molar-refractivity contribution is 9.10. The highest BCUT2D eigenvalue weighted by atomic mass is 79.9. The third-order valence-electron chi connectivity index (χ3n) is 3.35. The molecule has 0 aliphatic rings. The Balaban J connectivity index is 1.76. The SMILES string of the molecule is O=C(N/N=C/c1cc(Cl)c(O)c(Br)c1)c1cc2cc([N+](=O)[O-])ccc2o1. The molecule has 0 aliphatic carbocycles. The van der Waals surface area contributed by atoms with E-state index in [-0.39, 0.29) is 22.2 Å². The number of nitrogens with zero attached hydrogens (tertiary/aromatic N) is 2. The second-order valence-electron chi connectivity index (χ2n) is 5.12. The Hall–Kier alpha value is -2.91. The molecule has 1 heterocycles. The standard InChI is InChI=1S/C16H9BrClN3O5/c17-11-3-8(4-12(18)15(11)22)7-19-20-16(23)14-6-9-5-10(21(24)25)1-2-13(9)26-14/h1-7,22H,(H,20,23)/b19-7+. The van der Waals surface area contributed by atoms with Gasteiger partial charge in [-0.05, 0) is 45.8 Å². The quantitative estimate of drug-likeness (QED) is 0.359. The number of amides is 1. The van der Waals surface area contributed by atoms with Crippen LogP contribution < -0.4 is 5.43 Å². The van der Waals surface area contributed by atoms with E-state index in [0.29, 0.717) is 21.0 Å². The minimum atomic E-state index is -0.621. The van der Waals surface area contributed by atoms with Crippen molar-refractivity contribution in [3.05, 3.63) is 67.3 Å². The lowest BCUT2D eigenvalue weighted by Crippen LogP contribution is -2.16. The van der Waals surface area contributed by atoms with Crippen LogP contribution >= 0.6 is 27.5 Å². The van der Waals surface area contributed by atoms with Crippen molar-refractivity contribution < 1.29 is 19.2 Å². The zero-order valence-corrected chi connectivity index (χ0v) is 15.1. The van der Waals surface area contributed by atoms with Gasteiger partial charge >= 0.3 is 5.91 Å². The molecule has 3 aromatic rings. The van der Waals surface area contributed by atoms with Crippen LogP contribution in [0.1, 0.15) is 16.1 Å². The average Bonchev–Trinajstić information content (AvgIpc) is 3.02. The number of hydrogen-bond donors (Lipinski definition) is 2. The van der Waals surface area contributed by atoms with E-state index in [9.17, 15) is 20.0 Å². The fourth-order valence-corrected chi connectivity index (χ4v) is 2.96. The van der Waals surface area contributed by atoms with E-state index in [1.807, 2.05) is 0 Å². The molecule has 3 rings (SSSR count). The summed E-state index contributed by atoms with van der Waals surface area (Å²) >= 11 is 8.99. The Bertz CT molecular complexity index is 1040. The number of hydrazone groups is 1. The molecule has 132 valence electrons. The number of aromatic hydroxyl groups is 1. The largest absolute Gasteiger partial charge is 0.505 e. The van der Waals surface area contributed by atoms with Crippen molar-refractivity contribution in [2.45, 2.75) is 0 Å². The van der Waals surface area contributed by atoms with Gasteiger partial charge in [0.05, 0.1) is 20.6 Å². The van der Waals surface area contributed by atoms with Crippen LogP contribution in [0.5, 0.6) is 5.75 Å². The van der Waals surface area contributed by atoms with Crippen LogP contribution in [0.2, 0.25) is 5.02 Å². The third-order valence-corrected chi connectivity index (χ3v) is 4.25. The Kier molecular flexibility index (Phi) is 4.92. The minimum absolute atomic E-state index is 0.0393. The van der Waals surface area contributed by atoms with Crippen molar-refractivity contribution in [2.75, 3.05) is 0 Å². The normalized spacial score (nSPS) is 11.2. The van der Waals surface area contributed by atoms with Crippen molar-refractivity contribution in [1.82, 2.24) is 5.43 Å². The van der Waals surface area contributed by atoms with Gasteiger partial charge in [0.1, 0.15) is 11.3 Å². The van der Waals surface area contributed by atoms with Crippen molar-refractivity contribution in [1.29, 1.82) is 0 Å². The molecular formula is C16H9BrClN3O5. The van der Waals surface area contributed by atoms with Crippen molar-refractivity contribution in [2.24, 2.45) is 5.10 Å². The molecule has 0 fully saturated rings. The first-order chi connectivity index (χ1) is 12.3. The van der Waals surface area contributed by atoms with E-state index in [1.165, 1.54) is 36.5 Å². The summed E-state index contributed by atoms with van der Waals surface area (Å²) in [5.74, 6) is -0.754. The number of halogens is 2. The highest BCUT2D eigenvalue weighted by Crippen LogP contribution is 2.32. The number of non-ortho nitro benzene ring substituents is 1. The maximum absolute atomic E-state index is 12.1. The summed E-state index contributed by atoms with van der Waals surface area (Å²) in [5.41, 5.74) is 3.07. The molecule has 0 aliphatic heterocycles. The second kappa shape index (κ2) is 7.14. The molecule has 0 spiro atoms. The summed E-state index contributed by atoms with van der Waals surface area (Å²) in [6.45, 7) is 0. The molecule has 0 bridgehead atoms. The third kappa shape index (κ3) is 3.68. The molecule has 1 amide bonds. The smallest absolute Gasteiger partial charge is 0.307 e. The van der Waals surface area contributed by atoms with Crippen LogP contribution in [0.3, 0.4) is 0 Å². The van der Waals surface area contributed by atoms with Gasteiger partial charge in [-0.25, -0.2) is 5.43 Å². The summed E-state index contributed by atoms with van der Waals surface area (Å²) < 4.78 is 5.74. The molecule has 0 atom stereocenters. The Morgan fingerprint density at radius 3 is 2.81 bits per heavy atom. The van der Waals surface area contributed by atoms with E-state index in [4.69, 9.17) is 16.0 Å². The van der Waals surface area contributed by atoms with Crippen LogP contribution in [0.25, 0.3) is 11.0 Å². The predicted molar refractivity (Wildman–Crippen MR) is 98.7 cm³/mol. The zero-order chi connectivity index (χ0) is 18.8. The molecule has 8 nitrogen and oxygen atoms in total. The number of hydrogen-bond acceptors (Lipinski definition) is 6. The fourth-order valence-electron chi connectivity index (χ4n) is 2.14. The maximum atomic E-state index is 12.1. The lowest BCUT2D eigenvalue weighted by atomic mass is 10.2. The van der Waals surface area contributed by atoms with Gasteiger partial charge in [-0.15, -0.1) is 0 Å². The number of benzene rings is 2. The van der Waals surface area contributed by atoms with Gasteiger partial charge in [0.25, 0.3) is 5.69 Å². The number of phenolic OH excluding ortho intramolecular Hbond substituents is 1. The van der Waals surface area contributed by atoms with E-state index >= 15 is 0 Å². The van der Waals surface area contributed by atoms with Crippen molar-refractivity contribution in [3.63, 3.8) is 0 Å². The number of fused-ring (bicyclic) bond motifs is 1. The molecular weight excluding hydrogens is 430 g/mol. The molecule has 1 aromatic heterocycles. The lowest BCUT2D eigenvalue weighted by molar-refractivity contribution is -0.384. The first-order valence-corrected chi connectivity index (χ1v) is 8.21. The monoisotopic (exact) mass is 437 g/mol. The van der Waals surface area contributed by atoms with Gasteiger partial charge < -0.3 is 9.52 Å². The number of nitro groups is 1. The Morgan fingerprint density at radius 1 is 1.35 bits per heavy atom. The predicted octanol–water partition coefficient (Wildman–Crippen LogP) is 4.23. The first kappa shape index (κ1) is 17.9. The number of furan rings is 1. The summed E-state index contributed by atoms with van der Waals surface area (Å²) in [7, 11) is 0. The first-order valence-electron chi connectivity index (χ1n) is 7.04. The van der Waals surface area contributed by atoms with E-state index in [1.54, 1.807) is 6.07 Å². The number of phenols is 1. The molecule has 0 unspecified atom stereocenters. The van der Waals surface area contributed by atoms with Crippen molar-refractivity contribution >= 4 is 56.3 Å². The van der Waals surface area contributed by atoms with Crippen LogP contribution in [-0.2, 0) is 0 Å². The summed E-state index contributed by atoms with van der Waals surface area (Å²) in [6.07, 6.45) is 1.33. The number of carbonyl (C=O) groups excluding carboxylic acids is 1. The van der Waals surface area contributed by atoms with Crippen molar-refractivity contribution in [3.8, 4) is 5.75 Å².